The molecule has 4 saturated carbocycles. The summed E-state index contributed by atoms with van der Waals surface area (Å²) < 4.78 is 5.84. The zero-order chi connectivity index (χ0) is 27.7. The first kappa shape index (κ1) is 28.3. The van der Waals surface area contributed by atoms with Gasteiger partial charge in [-0.25, -0.2) is 4.79 Å². The zero-order valence-corrected chi connectivity index (χ0v) is 23.6. The average molecular weight is 518 g/mol. The lowest BCUT2D eigenvalue weighted by Crippen LogP contribution is -2.68. The van der Waals surface area contributed by atoms with Crippen LogP contribution in [0.4, 0.5) is 0 Å². The molecule has 0 amide bonds. The maximum Gasteiger partial charge on any atom is 0.331 e. The highest BCUT2D eigenvalue weighted by atomic mass is 16.5. The lowest BCUT2D eigenvalue weighted by molar-refractivity contribution is -0.236. The summed E-state index contributed by atoms with van der Waals surface area (Å²) in [5.74, 6) is -1.37. The van der Waals surface area contributed by atoms with Gasteiger partial charge in [0.05, 0.1) is 12.2 Å². The second-order valence-corrected chi connectivity index (χ2v) is 13.6. The number of nitrogens with two attached hydrogens (primary N) is 1. The molecule has 7 nitrogen and oxygen atoms in total. The van der Waals surface area contributed by atoms with Gasteiger partial charge in [0.25, 0.3) is 0 Å². The highest BCUT2D eigenvalue weighted by Crippen LogP contribution is 2.74. The summed E-state index contributed by atoms with van der Waals surface area (Å²) in [6, 6.07) is -0.341. The van der Waals surface area contributed by atoms with E-state index in [-0.39, 0.29) is 58.0 Å². The monoisotopic (exact) mass is 517 g/mol. The van der Waals surface area contributed by atoms with Gasteiger partial charge >= 0.3 is 11.9 Å². The second kappa shape index (κ2) is 9.49. The molecule has 0 saturated heterocycles. The number of rotatable bonds is 4. The number of hydrogen-bond acceptors (Lipinski definition) is 6. The van der Waals surface area contributed by atoms with Crippen LogP contribution in [0.1, 0.15) is 87.0 Å². The Morgan fingerprint density at radius 2 is 1.76 bits per heavy atom. The van der Waals surface area contributed by atoms with E-state index in [2.05, 4.69) is 27.7 Å². The molecule has 4 rings (SSSR count). The fourth-order valence-corrected chi connectivity index (χ4v) is 9.75. The minimum absolute atomic E-state index is 0.0477. The number of fused-ring (bicyclic) bond motifs is 5. The summed E-state index contributed by atoms with van der Waals surface area (Å²) in [4.78, 5) is 24.8. The van der Waals surface area contributed by atoms with E-state index in [1.807, 2.05) is 19.9 Å². The number of aliphatic hydroxyl groups excluding tert-OH is 2. The Morgan fingerprint density at radius 3 is 2.32 bits per heavy atom. The van der Waals surface area contributed by atoms with Crippen molar-refractivity contribution in [3.8, 4) is 0 Å². The first-order valence-corrected chi connectivity index (χ1v) is 14.0. The van der Waals surface area contributed by atoms with E-state index >= 15 is 0 Å². The molecule has 37 heavy (non-hydrogen) atoms. The van der Waals surface area contributed by atoms with Crippen LogP contribution < -0.4 is 5.73 Å². The van der Waals surface area contributed by atoms with Crippen molar-refractivity contribution in [2.24, 2.45) is 45.7 Å². The summed E-state index contributed by atoms with van der Waals surface area (Å²) in [6.07, 6.45) is 3.77. The van der Waals surface area contributed by atoms with Gasteiger partial charge in [-0.05, 0) is 97.9 Å². The van der Waals surface area contributed by atoms with Crippen LogP contribution in [0.15, 0.2) is 22.8 Å². The van der Waals surface area contributed by atoms with Crippen molar-refractivity contribution in [1.82, 2.24) is 0 Å². The summed E-state index contributed by atoms with van der Waals surface area (Å²) in [5, 5.41) is 33.0. The molecule has 0 radical (unpaired) electrons. The molecule has 0 aromatic heterocycles. The molecule has 5 N–H and O–H groups in total. The van der Waals surface area contributed by atoms with Gasteiger partial charge in [0, 0.05) is 18.5 Å². The second-order valence-electron chi connectivity index (χ2n) is 13.6. The summed E-state index contributed by atoms with van der Waals surface area (Å²) in [5.41, 5.74) is 7.53. The third-order valence-corrected chi connectivity index (χ3v) is 11.4. The van der Waals surface area contributed by atoms with Gasteiger partial charge < -0.3 is 25.8 Å². The first-order valence-electron chi connectivity index (χ1n) is 14.0. The minimum Gasteiger partial charge on any atom is -0.478 e. The van der Waals surface area contributed by atoms with Gasteiger partial charge in [0.2, 0.25) is 0 Å². The topological polar surface area (TPSA) is 130 Å². The van der Waals surface area contributed by atoms with Gasteiger partial charge in [0.1, 0.15) is 6.10 Å². The molecule has 4 aliphatic rings. The van der Waals surface area contributed by atoms with Crippen molar-refractivity contribution in [3.63, 3.8) is 0 Å². The van der Waals surface area contributed by atoms with E-state index in [0.717, 1.165) is 18.4 Å². The Kier molecular flexibility index (Phi) is 7.26. The van der Waals surface area contributed by atoms with Crippen LogP contribution in [0.5, 0.6) is 0 Å². The molecule has 4 aliphatic carbocycles. The van der Waals surface area contributed by atoms with Crippen LogP contribution in [-0.2, 0) is 14.3 Å². The van der Waals surface area contributed by atoms with Crippen molar-refractivity contribution >= 4 is 11.9 Å². The number of carbonyl (C=O) groups excluding carboxylic acids is 1. The maximum atomic E-state index is 12.6. The van der Waals surface area contributed by atoms with E-state index in [1.165, 1.54) is 6.92 Å². The van der Waals surface area contributed by atoms with Gasteiger partial charge in [-0.2, -0.15) is 0 Å². The molecule has 11 atom stereocenters. The Bertz CT molecular complexity index is 1020. The molecule has 0 heterocycles. The lowest BCUT2D eigenvalue weighted by atomic mass is 9.36. The van der Waals surface area contributed by atoms with E-state index in [9.17, 15) is 24.9 Å². The number of hydrogen-bond donors (Lipinski definition) is 4. The predicted molar refractivity (Wildman–Crippen MR) is 141 cm³/mol. The minimum atomic E-state index is -0.993. The SMILES string of the molecule is CC(=O)OC1CC2(C)[C@@H](C[C@@H](O)[C@H]3C4(C)C[C@@H](N)[C@@H](O)C(C)[C@@H]4CCC32C)/C1=C(\CC=C(C)C)C(=O)O. The fourth-order valence-electron chi connectivity index (χ4n) is 9.75. The van der Waals surface area contributed by atoms with Crippen LogP contribution in [0, 0.1) is 39.9 Å². The Balaban J connectivity index is 1.86. The number of carbonyl (C=O) groups is 2. The highest BCUT2D eigenvalue weighted by Gasteiger charge is 2.71. The van der Waals surface area contributed by atoms with Crippen molar-refractivity contribution < 1.29 is 29.6 Å². The molecule has 4 fully saturated rings. The van der Waals surface area contributed by atoms with E-state index in [0.29, 0.717) is 24.8 Å². The number of carboxylic acid groups (broad SMARTS) is 1. The van der Waals surface area contributed by atoms with Crippen LogP contribution >= 0.6 is 0 Å². The molecule has 7 heteroatoms. The molecule has 0 spiro atoms. The number of allylic oxidation sites excluding steroid dienone is 2. The van der Waals surface area contributed by atoms with Crippen molar-refractivity contribution in [3.05, 3.63) is 22.8 Å². The fraction of sp³-hybridized carbons (Fsp3) is 0.800. The number of ether oxygens (including phenoxy) is 1. The molecule has 208 valence electrons. The summed E-state index contributed by atoms with van der Waals surface area (Å²) in [6.45, 7) is 14.1. The summed E-state index contributed by atoms with van der Waals surface area (Å²) >= 11 is 0. The van der Waals surface area contributed by atoms with E-state index < -0.39 is 30.3 Å². The Labute approximate surface area is 221 Å². The van der Waals surface area contributed by atoms with Gasteiger partial charge in [-0.3, -0.25) is 4.79 Å². The molecule has 0 aromatic rings. The summed E-state index contributed by atoms with van der Waals surface area (Å²) in [7, 11) is 0. The predicted octanol–water partition coefficient (Wildman–Crippen LogP) is 4.21. The van der Waals surface area contributed by atoms with Gasteiger partial charge in [-0.15, -0.1) is 0 Å². The van der Waals surface area contributed by atoms with E-state index in [1.54, 1.807) is 0 Å². The largest absolute Gasteiger partial charge is 0.478 e. The molecule has 0 aliphatic heterocycles. The number of aliphatic hydroxyl groups is 2. The van der Waals surface area contributed by atoms with Crippen molar-refractivity contribution in [1.29, 1.82) is 0 Å². The highest BCUT2D eigenvalue weighted by molar-refractivity contribution is 5.88. The number of aliphatic carboxylic acids is 1. The van der Waals surface area contributed by atoms with Crippen LogP contribution in [0.25, 0.3) is 0 Å². The lowest BCUT2D eigenvalue weighted by Gasteiger charge is -2.69. The molecule has 5 unspecified atom stereocenters. The third kappa shape index (κ3) is 4.20. The first-order chi connectivity index (χ1) is 17.1. The Hall–Kier alpha value is -1.70. The maximum absolute atomic E-state index is 12.6. The number of carboxylic acids is 1. The Morgan fingerprint density at radius 1 is 1.11 bits per heavy atom. The zero-order valence-electron chi connectivity index (χ0n) is 23.6. The average Bonchev–Trinajstić information content (AvgIpc) is 3.03. The quantitative estimate of drug-likeness (QED) is 0.250. The van der Waals surface area contributed by atoms with Crippen LogP contribution in [-0.4, -0.2) is 51.6 Å². The number of esters is 1. The standard InChI is InChI=1S/C30H47NO6/c1-15(2)8-9-18(27(35)36)24-20-12-22(33)26-28(5)13-21(31)25(34)16(3)19(28)10-11-29(26,6)30(20,7)14-23(24)37-17(4)32/h8,16,19-23,25-26,33-34H,9-14,31H2,1-7H3,(H,35,36)/b24-18-/t16?,19-,20-,21+,22+,23?,25-,26-,28?,29?,30?/m0/s1. The molecular formula is C30H47NO6. The van der Waals surface area contributed by atoms with Gasteiger partial charge in [-0.1, -0.05) is 39.3 Å². The van der Waals surface area contributed by atoms with Gasteiger partial charge in [0.15, 0.2) is 0 Å². The smallest absolute Gasteiger partial charge is 0.331 e. The molecule has 0 aromatic carbocycles. The van der Waals surface area contributed by atoms with Crippen molar-refractivity contribution in [2.45, 2.75) is 111 Å². The van der Waals surface area contributed by atoms with Crippen molar-refractivity contribution in [2.75, 3.05) is 0 Å². The third-order valence-electron chi connectivity index (χ3n) is 11.4. The van der Waals surface area contributed by atoms with Crippen LogP contribution in [0.2, 0.25) is 0 Å². The van der Waals surface area contributed by atoms with E-state index in [4.69, 9.17) is 10.5 Å². The molecular weight excluding hydrogens is 470 g/mol. The molecule has 0 bridgehead atoms. The normalized spacial score (nSPS) is 48.3. The van der Waals surface area contributed by atoms with Crippen LogP contribution in [0.3, 0.4) is 0 Å².